The first kappa shape index (κ1) is 16.0. The number of rotatable bonds is 4. The number of terminal acetylenes is 1. The van der Waals surface area contributed by atoms with Crippen molar-refractivity contribution in [3.63, 3.8) is 0 Å². The van der Waals surface area contributed by atoms with Gasteiger partial charge in [0.1, 0.15) is 12.6 Å². The highest BCUT2D eigenvalue weighted by Gasteiger charge is 2.31. The molecule has 2 heterocycles. The Morgan fingerprint density at radius 3 is 2.88 bits per heavy atom. The van der Waals surface area contributed by atoms with Gasteiger partial charge in [-0.3, -0.25) is 24.0 Å². The highest BCUT2D eigenvalue weighted by atomic mass is 16.5. The molecular weight excluding hydrogens is 310 g/mol. The molecule has 1 aliphatic rings. The highest BCUT2D eigenvalue weighted by Crippen LogP contribution is 2.25. The molecule has 1 fully saturated rings. The smallest absolute Gasteiger partial charge is 0.329 e. The maximum Gasteiger partial charge on any atom is 0.329 e. The third-order valence-electron chi connectivity index (χ3n) is 4.15. The lowest BCUT2D eigenvalue weighted by molar-refractivity contribution is -0.135. The quantitative estimate of drug-likeness (QED) is 0.503. The van der Waals surface area contributed by atoms with Crippen LogP contribution in [0.4, 0.5) is 0 Å². The Balaban J connectivity index is 2.10. The summed E-state index contributed by atoms with van der Waals surface area (Å²) in [5, 5.41) is 2.29. The minimum Gasteiger partial charge on any atom is -0.364 e. The fraction of sp³-hybridized carbons (Fsp3) is 0.353. The van der Waals surface area contributed by atoms with E-state index in [1.54, 1.807) is 19.2 Å². The van der Waals surface area contributed by atoms with Gasteiger partial charge in [-0.25, -0.2) is 4.79 Å². The molecule has 1 aromatic heterocycles. The Labute approximate surface area is 138 Å². The van der Waals surface area contributed by atoms with E-state index in [1.807, 2.05) is 6.07 Å². The molecule has 124 valence electrons. The van der Waals surface area contributed by atoms with E-state index < -0.39 is 11.9 Å². The number of para-hydroxylation sites is 1. The first-order chi connectivity index (χ1) is 11.5. The van der Waals surface area contributed by atoms with E-state index in [9.17, 15) is 14.4 Å². The molecule has 1 aromatic carbocycles. The first-order valence-corrected chi connectivity index (χ1v) is 7.58. The van der Waals surface area contributed by atoms with E-state index in [0.29, 0.717) is 17.5 Å². The third kappa shape index (κ3) is 2.61. The average Bonchev–Trinajstić information content (AvgIpc) is 2.81. The Kier molecular flexibility index (Phi) is 4.23. The van der Waals surface area contributed by atoms with Crippen molar-refractivity contribution in [2.24, 2.45) is 7.05 Å². The lowest BCUT2D eigenvalue weighted by Gasteiger charge is -2.21. The number of fused-ring (bicyclic) bond motifs is 1. The number of hydrogen-bond acceptors (Lipinski definition) is 4. The maximum atomic E-state index is 12.7. The van der Waals surface area contributed by atoms with Gasteiger partial charge in [-0.2, -0.15) is 0 Å². The molecule has 2 amide bonds. The van der Waals surface area contributed by atoms with Gasteiger partial charge in [0.05, 0.1) is 17.6 Å². The van der Waals surface area contributed by atoms with Crippen molar-refractivity contribution in [1.82, 2.24) is 14.5 Å². The van der Waals surface area contributed by atoms with E-state index in [-0.39, 0.29) is 31.2 Å². The number of imide groups is 1. The number of imidazole rings is 1. The van der Waals surface area contributed by atoms with Crippen LogP contribution in [0.2, 0.25) is 0 Å². The topological polar surface area (TPSA) is 82.3 Å². The Morgan fingerprint density at radius 2 is 2.17 bits per heavy atom. The molecular formula is C17H17N3O4. The maximum absolute atomic E-state index is 12.7. The fourth-order valence-corrected chi connectivity index (χ4v) is 3.09. The summed E-state index contributed by atoms with van der Waals surface area (Å²) in [5.41, 5.74) is 1.85. The Hall–Kier alpha value is -2.85. The van der Waals surface area contributed by atoms with Crippen LogP contribution in [0.5, 0.6) is 0 Å². The average molecular weight is 327 g/mol. The van der Waals surface area contributed by atoms with Gasteiger partial charge in [0.15, 0.2) is 0 Å². The van der Waals surface area contributed by atoms with Crippen LogP contribution in [0, 0.1) is 12.3 Å². The molecule has 7 nitrogen and oxygen atoms in total. The van der Waals surface area contributed by atoms with Gasteiger partial charge in [0.25, 0.3) is 0 Å². The van der Waals surface area contributed by atoms with Gasteiger partial charge in [-0.15, -0.1) is 6.42 Å². The number of benzene rings is 1. The largest absolute Gasteiger partial charge is 0.364 e. The molecule has 2 aromatic rings. The van der Waals surface area contributed by atoms with Crippen LogP contribution in [0.3, 0.4) is 0 Å². The third-order valence-corrected chi connectivity index (χ3v) is 4.15. The van der Waals surface area contributed by atoms with E-state index in [4.69, 9.17) is 11.2 Å². The van der Waals surface area contributed by atoms with Crippen molar-refractivity contribution in [3.05, 3.63) is 34.2 Å². The number of carbonyl (C=O) groups is 2. The van der Waals surface area contributed by atoms with Gasteiger partial charge in [0, 0.05) is 19.0 Å². The summed E-state index contributed by atoms with van der Waals surface area (Å²) < 4.78 is 8.32. The standard InChI is InChI=1S/C17H17N3O4/c1-3-9-24-10-11-5-4-6-12-15(11)19(2)17(23)20(12)13-7-8-14(21)18-16(13)22/h1,4-6,13H,7-10H2,2H3,(H,18,21,22). The second-order valence-electron chi connectivity index (χ2n) is 5.66. The molecule has 7 heteroatoms. The minimum atomic E-state index is -0.694. The number of nitrogens with zero attached hydrogens (tertiary/aromatic N) is 2. The summed E-state index contributed by atoms with van der Waals surface area (Å²) in [6.45, 7) is 0.451. The zero-order valence-corrected chi connectivity index (χ0v) is 13.2. The summed E-state index contributed by atoms with van der Waals surface area (Å²) in [4.78, 5) is 36.2. The van der Waals surface area contributed by atoms with Crippen molar-refractivity contribution in [3.8, 4) is 12.3 Å². The number of ether oxygens (including phenoxy) is 1. The van der Waals surface area contributed by atoms with Crippen molar-refractivity contribution < 1.29 is 14.3 Å². The molecule has 0 spiro atoms. The summed E-state index contributed by atoms with van der Waals surface area (Å²) in [5.74, 6) is 1.64. The normalized spacial score (nSPS) is 17.8. The molecule has 0 bridgehead atoms. The molecule has 0 radical (unpaired) electrons. The molecule has 0 saturated carbocycles. The zero-order chi connectivity index (χ0) is 17.3. The monoisotopic (exact) mass is 327 g/mol. The number of carbonyl (C=O) groups excluding carboxylic acids is 2. The number of amides is 2. The molecule has 1 atom stereocenters. The lowest BCUT2D eigenvalue weighted by Crippen LogP contribution is -2.44. The van der Waals surface area contributed by atoms with Crippen LogP contribution in [-0.2, 0) is 28.0 Å². The minimum absolute atomic E-state index is 0.179. The van der Waals surface area contributed by atoms with Crippen LogP contribution in [0.25, 0.3) is 11.0 Å². The van der Waals surface area contributed by atoms with Crippen LogP contribution in [-0.4, -0.2) is 27.6 Å². The summed E-state index contributed by atoms with van der Waals surface area (Å²) >= 11 is 0. The van der Waals surface area contributed by atoms with Gasteiger partial charge in [-0.05, 0) is 12.5 Å². The fourth-order valence-electron chi connectivity index (χ4n) is 3.09. The van der Waals surface area contributed by atoms with E-state index in [1.165, 1.54) is 9.13 Å². The number of piperidine rings is 1. The van der Waals surface area contributed by atoms with Crippen molar-refractivity contribution in [1.29, 1.82) is 0 Å². The van der Waals surface area contributed by atoms with Crippen LogP contribution in [0.1, 0.15) is 24.4 Å². The number of nitrogens with one attached hydrogen (secondary N) is 1. The predicted octanol–water partition coefficient (Wildman–Crippen LogP) is 0.467. The van der Waals surface area contributed by atoms with E-state index in [0.717, 1.165) is 5.56 Å². The molecule has 1 unspecified atom stereocenters. The first-order valence-electron chi connectivity index (χ1n) is 7.58. The van der Waals surface area contributed by atoms with Crippen molar-refractivity contribution in [2.75, 3.05) is 6.61 Å². The molecule has 24 heavy (non-hydrogen) atoms. The Bertz CT molecular complexity index is 916. The zero-order valence-electron chi connectivity index (χ0n) is 13.2. The SMILES string of the molecule is C#CCOCc1cccc2c1n(C)c(=O)n2C1CCC(=O)NC1=O. The summed E-state index contributed by atoms with van der Waals surface area (Å²) in [6, 6.07) is 4.75. The van der Waals surface area contributed by atoms with Crippen LogP contribution >= 0.6 is 0 Å². The molecule has 0 aliphatic carbocycles. The van der Waals surface area contributed by atoms with Crippen LogP contribution < -0.4 is 11.0 Å². The number of aromatic nitrogens is 2. The molecule has 1 saturated heterocycles. The second-order valence-corrected chi connectivity index (χ2v) is 5.66. The summed E-state index contributed by atoms with van der Waals surface area (Å²) in [6.07, 6.45) is 5.70. The van der Waals surface area contributed by atoms with Crippen molar-refractivity contribution >= 4 is 22.8 Å². The van der Waals surface area contributed by atoms with Gasteiger partial charge in [0.2, 0.25) is 11.8 Å². The van der Waals surface area contributed by atoms with Gasteiger partial charge >= 0.3 is 5.69 Å². The lowest BCUT2D eigenvalue weighted by atomic mass is 10.1. The summed E-state index contributed by atoms with van der Waals surface area (Å²) in [7, 11) is 1.65. The highest BCUT2D eigenvalue weighted by molar-refractivity contribution is 6.00. The Morgan fingerprint density at radius 1 is 1.38 bits per heavy atom. The van der Waals surface area contributed by atoms with Gasteiger partial charge in [-0.1, -0.05) is 18.1 Å². The molecule has 3 rings (SSSR count). The predicted molar refractivity (Wildman–Crippen MR) is 87.1 cm³/mol. The van der Waals surface area contributed by atoms with E-state index in [2.05, 4.69) is 11.2 Å². The number of hydrogen-bond donors (Lipinski definition) is 1. The van der Waals surface area contributed by atoms with Gasteiger partial charge < -0.3 is 4.74 Å². The second kappa shape index (κ2) is 6.34. The molecule has 1 N–H and O–H groups in total. The molecule has 1 aliphatic heterocycles. The van der Waals surface area contributed by atoms with E-state index >= 15 is 0 Å². The van der Waals surface area contributed by atoms with Crippen LogP contribution in [0.15, 0.2) is 23.0 Å². The van der Waals surface area contributed by atoms with Crippen molar-refractivity contribution in [2.45, 2.75) is 25.5 Å². The number of aryl methyl sites for hydroxylation is 1.